The minimum Gasteiger partial charge on any atom is -0.464 e. The van der Waals surface area contributed by atoms with E-state index in [4.69, 9.17) is 9.84 Å². The van der Waals surface area contributed by atoms with Crippen molar-refractivity contribution in [2.24, 2.45) is 28.6 Å². The molecule has 6 rings (SSSR count). The molecule has 1 aromatic heterocycles. The van der Waals surface area contributed by atoms with Gasteiger partial charge in [-0.25, -0.2) is 9.48 Å². The first-order valence-corrected chi connectivity index (χ1v) is 13.9. The van der Waals surface area contributed by atoms with Gasteiger partial charge in [0.25, 0.3) is 0 Å². The Kier molecular flexibility index (Phi) is 5.71. The number of aliphatic hydroxyl groups excluding tert-OH is 1. The van der Waals surface area contributed by atoms with Gasteiger partial charge in [0.2, 0.25) is 0 Å². The predicted molar refractivity (Wildman–Crippen MR) is 140 cm³/mol. The van der Waals surface area contributed by atoms with Gasteiger partial charge in [0.15, 0.2) is 5.69 Å². The average molecular weight is 489 g/mol. The summed E-state index contributed by atoms with van der Waals surface area (Å²) in [6, 6.07) is 10.4. The van der Waals surface area contributed by atoms with E-state index in [1.165, 1.54) is 37.5 Å². The topological polar surface area (TPSA) is 64.3 Å². The summed E-state index contributed by atoms with van der Waals surface area (Å²) in [6.07, 6.45) is 11.3. The molecule has 1 aromatic carbocycles. The number of hydrogen-bond acceptors (Lipinski definition) is 4. The molecule has 7 atom stereocenters. The molecule has 0 unspecified atom stereocenters. The fourth-order valence-electron chi connectivity index (χ4n) is 8.87. The molecule has 2 aromatic rings. The van der Waals surface area contributed by atoms with Gasteiger partial charge in [-0.05, 0) is 105 Å². The van der Waals surface area contributed by atoms with Crippen molar-refractivity contribution in [3.63, 3.8) is 0 Å². The first kappa shape index (κ1) is 24.0. The second-order valence-corrected chi connectivity index (χ2v) is 12.5. The van der Waals surface area contributed by atoms with Crippen LogP contribution in [0.5, 0.6) is 0 Å². The molecular weight excluding hydrogens is 448 g/mol. The summed E-state index contributed by atoms with van der Waals surface area (Å²) in [7, 11) is 1.43. The van der Waals surface area contributed by atoms with Crippen LogP contribution in [0.25, 0.3) is 5.69 Å². The molecular formula is C31H40N2O3. The number of fused-ring (bicyclic) bond motifs is 5. The van der Waals surface area contributed by atoms with E-state index in [0.717, 1.165) is 49.4 Å². The van der Waals surface area contributed by atoms with Crippen molar-refractivity contribution in [1.29, 1.82) is 0 Å². The highest BCUT2D eigenvalue weighted by Crippen LogP contribution is 2.68. The molecule has 4 aliphatic carbocycles. The van der Waals surface area contributed by atoms with Crippen LogP contribution in [-0.4, -0.2) is 34.1 Å². The molecule has 3 fully saturated rings. The second-order valence-electron chi connectivity index (χ2n) is 12.5. The lowest BCUT2D eigenvalue weighted by Crippen LogP contribution is -2.50. The summed E-state index contributed by atoms with van der Waals surface area (Å²) in [6.45, 7) is 7.10. The molecule has 3 saturated carbocycles. The second kappa shape index (κ2) is 8.58. The Labute approximate surface area is 214 Å². The van der Waals surface area contributed by atoms with Crippen LogP contribution in [0.2, 0.25) is 0 Å². The van der Waals surface area contributed by atoms with Crippen LogP contribution in [0.3, 0.4) is 0 Å². The van der Waals surface area contributed by atoms with E-state index in [-0.39, 0.29) is 22.9 Å². The lowest BCUT2D eigenvalue weighted by Gasteiger charge is -2.58. The molecule has 192 valence electrons. The zero-order valence-electron chi connectivity index (χ0n) is 22.2. The number of aromatic nitrogens is 2. The van der Waals surface area contributed by atoms with Gasteiger partial charge >= 0.3 is 5.97 Å². The van der Waals surface area contributed by atoms with E-state index in [2.05, 4.69) is 51.1 Å². The summed E-state index contributed by atoms with van der Waals surface area (Å²) >= 11 is 0. The number of aliphatic hydroxyl groups is 1. The van der Waals surface area contributed by atoms with E-state index in [1.54, 1.807) is 0 Å². The predicted octanol–water partition coefficient (Wildman–Crippen LogP) is 6.37. The molecule has 0 aliphatic heterocycles. The highest BCUT2D eigenvalue weighted by molar-refractivity contribution is 5.87. The van der Waals surface area contributed by atoms with Crippen molar-refractivity contribution in [2.75, 3.05) is 7.11 Å². The van der Waals surface area contributed by atoms with Crippen molar-refractivity contribution < 1.29 is 14.6 Å². The normalized spacial score (nSPS) is 37.5. The third-order valence-electron chi connectivity index (χ3n) is 10.8. The standard InChI is InChI=1S/C31H40N2O3/c1-19-5-8-21(9-6-19)33-28(18-27(32-33)29(35)36-4)26-12-11-24-23-10-7-20-17-22(34)13-15-30(20,2)25(23)14-16-31(24,26)3/h5-9,18,22-26,34H,10-17H2,1-4H3/t22-,23-,24-,25-,26+,30-,31-/m0/s1. The molecule has 5 heteroatoms. The molecule has 36 heavy (non-hydrogen) atoms. The van der Waals surface area contributed by atoms with E-state index < -0.39 is 0 Å². The lowest BCUT2D eigenvalue weighted by atomic mass is 9.47. The molecule has 4 aliphatic rings. The number of carbonyl (C=O) groups is 1. The SMILES string of the molecule is COC(=O)c1cc([C@H]2CC[C@H]3[C@@H]4CC=C5C[C@@H](O)CC[C@]5(C)[C@H]4CC[C@]23C)n(-c2ccc(C)cc2)n1. The summed E-state index contributed by atoms with van der Waals surface area (Å²) in [5, 5.41) is 15.1. The van der Waals surface area contributed by atoms with Gasteiger partial charge in [0, 0.05) is 11.6 Å². The fraction of sp³-hybridized carbons (Fsp3) is 0.613. The van der Waals surface area contributed by atoms with E-state index >= 15 is 0 Å². The van der Waals surface area contributed by atoms with Gasteiger partial charge < -0.3 is 9.84 Å². The molecule has 1 N–H and O–H groups in total. The van der Waals surface area contributed by atoms with Gasteiger partial charge in [-0.15, -0.1) is 0 Å². The van der Waals surface area contributed by atoms with Crippen LogP contribution in [0.4, 0.5) is 0 Å². The van der Waals surface area contributed by atoms with E-state index in [9.17, 15) is 9.90 Å². The van der Waals surface area contributed by atoms with Crippen LogP contribution >= 0.6 is 0 Å². The number of aryl methyl sites for hydroxylation is 1. The van der Waals surface area contributed by atoms with Crippen molar-refractivity contribution in [1.82, 2.24) is 9.78 Å². The summed E-state index contributed by atoms with van der Waals surface area (Å²) in [5.74, 6) is 2.08. The van der Waals surface area contributed by atoms with Crippen molar-refractivity contribution in [3.8, 4) is 5.69 Å². The first-order chi connectivity index (χ1) is 17.2. The number of methoxy groups -OCH3 is 1. The monoisotopic (exact) mass is 488 g/mol. The van der Waals surface area contributed by atoms with Gasteiger partial charge in [0.1, 0.15) is 0 Å². The van der Waals surface area contributed by atoms with Crippen LogP contribution in [0, 0.1) is 35.5 Å². The molecule has 1 heterocycles. The Hall–Kier alpha value is -2.40. The Morgan fingerprint density at radius 3 is 2.61 bits per heavy atom. The number of benzene rings is 1. The molecule has 0 spiro atoms. The fourth-order valence-corrected chi connectivity index (χ4v) is 8.87. The van der Waals surface area contributed by atoms with Crippen LogP contribution in [-0.2, 0) is 4.74 Å². The molecule has 0 bridgehead atoms. The maximum atomic E-state index is 12.5. The zero-order chi connectivity index (χ0) is 25.2. The third kappa shape index (κ3) is 3.53. The lowest BCUT2D eigenvalue weighted by molar-refractivity contribution is -0.0414. The minimum absolute atomic E-state index is 0.156. The van der Waals surface area contributed by atoms with E-state index in [1.807, 2.05) is 10.7 Å². The van der Waals surface area contributed by atoms with Crippen LogP contribution in [0.15, 0.2) is 42.0 Å². The Balaban J connectivity index is 1.37. The van der Waals surface area contributed by atoms with Crippen LogP contribution in [0.1, 0.15) is 92.9 Å². The number of esters is 1. The summed E-state index contributed by atoms with van der Waals surface area (Å²) in [4.78, 5) is 12.5. The van der Waals surface area contributed by atoms with Gasteiger partial charge in [-0.1, -0.05) is 43.2 Å². The minimum atomic E-state index is -0.372. The maximum absolute atomic E-state index is 12.5. The number of hydrogen-bond donors (Lipinski definition) is 1. The summed E-state index contributed by atoms with van der Waals surface area (Å²) in [5.41, 5.74) is 5.73. The van der Waals surface area contributed by atoms with Crippen LogP contribution < -0.4 is 0 Å². The number of allylic oxidation sites excluding steroid dienone is 1. The molecule has 5 nitrogen and oxygen atoms in total. The first-order valence-electron chi connectivity index (χ1n) is 13.9. The Morgan fingerprint density at radius 1 is 1.08 bits per heavy atom. The highest BCUT2D eigenvalue weighted by atomic mass is 16.5. The Morgan fingerprint density at radius 2 is 1.86 bits per heavy atom. The number of rotatable bonds is 3. The number of ether oxygens (including phenoxy) is 1. The average Bonchev–Trinajstić information content (AvgIpc) is 3.45. The van der Waals surface area contributed by atoms with Gasteiger partial charge in [0.05, 0.1) is 18.9 Å². The number of nitrogens with zero attached hydrogens (tertiary/aromatic N) is 2. The van der Waals surface area contributed by atoms with Crippen molar-refractivity contribution in [2.45, 2.75) is 84.2 Å². The number of carbonyl (C=O) groups excluding carboxylic acids is 1. The molecule has 0 amide bonds. The molecule has 0 saturated heterocycles. The third-order valence-corrected chi connectivity index (χ3v) is 10.8. The summed E-state index contributed by atoms with van der Waals surface area (Å²) < 4.78 is 7.07. The smallest absolute Gasteiger partial charge is 0.358 e. The van der Waals surface area contributed by atoms with Gasteiger partial charge in [-0.3, -0.25) is 0 Å². The van der Waals surface area contributed by atoms with E-state index in [0.29, 0.717) is 23.4 Å². The quantitative estimate of drug-likeness (QED) is 0.402. The largest absolute Gasteiger partial charge is 0.464 e. The molecule has 0 radical (unpaired) electrons. The van der Waals surface area contributed by atoms with Crippen molar-refractivity contribution >= 4 is 5.97 Å². The zero-order valence-corrected chi connectivity index (χ0v) is 22.2. The highest BCUT2D eigenvalue weighted by Gasteiger charge is 2.59. The maximum Gasteiger partial charge on any atom is 0.358 e. The van der Waals surface area contributed by atoms with Gasteiger partial charge in [-0.2, -0.15) is 5.10 Å². The Bertz CT molecular complexity index is 1200. The van der Waals surface area contributed by atoms with Crippen molar-refractivity contribution in [3.05, 3.63) is 58.9 Å².